The van der Waals surface area contributed by atoms with Crippen LogP contribution < -0.4 is 0 Å². The zero-order chi connectivity index (χ0) is 12.4. The smallest absolute Gasteiger partial charge is 0.337 e. The van der Waals surface area contributed by atoms with E-state index >= 15 is 0 Å². The molecule has 2 aliphatic heterocycles. The van der Waals surface area contributed by atoms with Crippen molar-refractivity contribution in [2.24, 2.45) is 5.92 Å². The first-order chi connectivity index (χ1) is 8.06. The van der Waals surface area contributed by atoms with Gasteiger partial charge < -0.3 is 14.5 Å². The van der Waals surface area contributed by atoms with Crippen molar-refractivity contribution in [3.8, 4) is 0 Å². The topological polar surface area (TPSA) is 32.8 Å². The highest BCUT2D eigenvalue weighted by atomic mass is 19.3. The van der Waals surface area contributed by atoms with E-state index in [1.807, 2.05) is 7.05 Å². The summed E-state index contributed by atoms with van der Waals surface area (Å²) in [5.41, 5.74) is 0. The number of ether oxygens (including phenoxy) is 1. The number of hydrogen-bond donors (Lipinski definition) is 0. The summed E-state index contributed by atoms with van der Waals surface area (Å²) in [6.45, 7) is -0.242. The Kier molecular flexibility index (Phi) is 3.93. The molecular formula is C11H18F2N2O2. The number of carbonyl (C=O) groups excluding carboxylic acids is 1. The van der Waals surface area contributed by atoms with Crippen LogP contribution in [0.3, 0.4) is 0 Å². The fraction of sp³-hybridized carbons (Fsp3) is 0.909. The highest BCUT2D eigenvalue weighted by Crippen LogP contribution is 2.23. The summed E-state index contributed by atoms with van der Waals surface area (Å²) in [6.07, 6.45) is 1.25. The Morgan fingerprint density at radius 3 is 2.41 bits per heavy atom. The zero-order valence-corrected chi connectivity index (χ0v) is 9.94. The van der Waals surface area contributed by atoms with Gasteiger partial charge in [0, 0.05) is 19.0 Å². The number of likely N-dealkylation sites (tertiary alicyclic amines) is 2. The summed E-state index contributed by atoms with van der Waals surface area (Å²) in [5.74, 6) is 0.172. The summed E-state index contributed by atoms with van der Waals surface area (Å²) in [5, 5.41) is 0. The van der Waals surface area contributed by atoms with Crippen molar-refractivity contribution in [2.45, 2.75) is 25.6 Å². The quantitative estimate of drug-likeness (QED) is 0.740. The first kappa shape index (κ1) is 12.7. The van der Waals surface area contributed by atoms with Gasteiger partial charge in [0.25, 0.3) is 0 Å². The maximum atomic E-state index is 12.0. The van der Waals surface area contributed by atoms with Crippen LogP contribution in [0.4, 0.5) is 8.78 Å². The normalized spacial score (nSPS) is 24.1. The number of hydrogen-bond acceptors (Lipinski definition) is 3. The minimum absolute atomic E-state index is 0.0682. The zero-order valence-electron chi connectivity index (χ0n) is 9.94. The highest BCUT2D eigenvalue weighted by Gasteiger charge is 2.37. The molecule has 0 aliphatic carbocycles. The molecule has 0 bridgehead atoms. The number of piperidine rings is 1. The molecule has 2 aliphatic rings. The van der Waals surface area contributed by atoms with Crippen molar-refractivity contribution < 1.29 is 18.3 Å². The minimum Gasteiger partial charge on any atom is -0.337 e. The molecule has 0 N–H and O–H groups in total. The Bertz CT molecular complexity index is 275. The lowest BCUT2D eigenvalue weighted by Crippen LogP contribution is -2.57. The van der Waals surface area contributed by atoms with Crippen LogP contribution in [0.1, 0.15) is 12.8 Å². The van der Waals surface area contributed by atoms with Gasteiger partial charge in [0.2, 0.25) is 5.91 Å². The van der Waals surface area contributed by atoms with E-state index in [1.165, 1.54) is 0 Å². The van der Waals surface area contributed by atoms with Crippen LogP contribution in [0.15, 0.2) is 0 Å². The molecule has 0 saturated carbocycles. The summed E-state index contributed by atoms with van der Waals surface area (Å²) in [7, 11) is 2.04. The van der Waals surface area contributed by atoms with E-state index in [9.17, 15) is 13.6 Å². The molecule has 1 amide bonds. The summed E-state index contributed by atoms with van der Waals surface area (Å²) in [6, 6.07) is 0. The van der Waals surface area contributed by atoms with E-state index < -0.39 is 12.7 Å². The van der Waals surface area contributed by atoms with Crippen LogP contribution in [0.2, 0.25) is 0 Å². The Balaban J connectivity index is 1.72. The maximum Gasteiger partial charge on any atom is 0.345 e. The number of rotatable bonds is 3. The van der Waals surface area contributed by atoms with Crippen LogP contribution in [0, 0.1) is 5.92 Å². The lowest BCUT2D eigenvalue weighted by Gasteiger charge is -2.41. The predicted octanol–water partition coefficient (Wildman–Crippen LogP) is 0.778. The molecule has 2 fully saturated rings. The van der Waals surface area contributed by atoms with Gasteiger partial charge in [0.1, 0.15) is 0 Å². The number of carbonyl (C=O) groups is 1. The second-order valence-electron chi connectivity index (χ2n) is 4.84. The van der Waals surface area contributed by atoms with E-state index in [4.69, 9.17) is 0 Å². The van der Waals surface area contributed by atoms with Crippen molar-refractivity contribution in [1.29, 1.82) is 0 Å². The largest absolute Gasteiger partial charge is 0.345 e. The van der Waals surface area contributed by atoms with E-state index in [1.54, 1.807) is 4.90 Å². The Morgan fingerprint density at radius 1 is 1.29 bits per heavy atom. The molecule has 2 saturated heterocycles. The molecule has 0 aromatic rings. The Morgan fingerprint density at radius 2 is 1.88 bits per heavy atom. The average molecular weight is 248 g/mol. The van der Waals surface area contributed by atoms with Gasteiger partial charge in [-0.2, -0.15) is 8.78 Å². The van der Waals surface area contributed by atoms with E-state index in [0.29, 0.717) is 13.1 Å². The molecule has 2 rings (SSSR count). The average Bonchev–Trinajstić information content (AvgIpc) is 2.23. The fourth-order valence-electron chi connectivity index (χ4n) is 2.36. The van der Waals surface area contributed by atoms with E-state index in [-0.39, 0.29) is 11.8 Å². The lowest BCUT2D eigenvalue weighted by molar-refractivity contribution is -0.200. The van der Waals surface area contributed by atoms with Gasteiger partial charge in [-0.05, 0) is 33.0 Å². The lowest BCUT2D eigenvalue weighted by atomic mass is 9.94. The molecular weight excluding hydrogens is 230 g/mol. The molecule has 98 valence electrons. The molecule has 4 nitrogen and oxygen atoms in total. The number of alkyl halides is 2. The third-order valence-corrected chi connectivity index (χ3v) is 3.52. The summed E-state index contributed by atoms with van der Waals surface area (Å²) in [4.78, 5) is 15.8. The second kappa shape index (κ2) is 5.27. The van der Waals surface area contributed by atoms with Crippen molar-refractivity contribution >= 4 is 5.91 Å². The van der Waals surface area contributed by atoms with Gasteiger partial charge in [-0.15, -0.1) is 0 Å². The third kappa shape index (κ3) is 3.13. The first-order valence-electron chi connectivity index (χ1n) is 5.97. The molecule has 0 aromatic heterocycles. The molecule has 17 heavy (non-hydrogen) atoms. The first-order valence-corrected chi connectivity index (χ1v) is 5.97. The van der Waals surface area contributed by atoms with Crippen molar-refractivity contribution in [2.75, 3.05) is 33.2 Å². The summed E-state index contributed by atoms with van der Waals surface area (Å²) >= 11 is 0. The number of amides is 1. The summed E-state index contributed by atoms with van der Waals surface area (Å²) < 4.78 is 28.1. The van der Waals surface area contributed by atoms with Gasteiger partial charge in [-0.1, -0.05) is 0 Å². The second-order valence-corrected chi connectivity index (χ2v) is 4.84. The van der Waals surface area contributed by atoms with Crippen LogP contribution in [-0.4, -0.2) is 61.6 Å². The van der Waals surface area contributed by atoms with E-state index in [2.05, 4.69) is 9.64 Å². The van der Waals surface area contributed by atoms with Crippen LogP contribution >= 0.6 is 0 Å². The van der Waals surface area contributed by atoms with Crippen LogP contribution in [0.25, 0.3) is 0 Å². The van der Waals surface area contributed by atoms with Crippen molar-refractivity contribution in [3.63, 3.8) is 0 Å². The van der Waals surface area contributed by atoms with Gasteiger partial charge in [0.15, 0.2) is 0 Å². The number of halogens is 2. The Labute approximate surface area is 99.5 Å². The molecule has 0 aromatic carbocycles. The fourth-order valence-corrected chi connectivity index (χ4v) is 2.36. The van der Waals surface area contributed by atoms with Crippen molar-refractivity contribution in [1.82, 2.24) is 9.80 Å². The van der Waals surface area contributed by atoms with Crippen LogP contribution in [0.5, 0.6) is 0 Å². The SMILES string of the molecule is CN1CCC(C(=O)N2CC(OC(F)F)C2)CC1. The molecule has 6 heteroatoms. The van der Waals surface area contributed by atoms with Gasteiger partial charge >= 0.3 is 6.61 Å². The highest BCUT2D eigenvalue weighted by molar-refractivity contribution is 5.79. The molecule has 0 atom stereocenters. The molecule has 0 spiro atoms. The molecule has 0 radical (unpaired) electrons. The van der Waals surface area contributed by atoms with E-state index in [0.717, 1.165) is 25.9 Å². The molecule has 0 unspecified atom stereocenters. The van der Waals surface area contributed by atoms with Crippen molar-refractivity contribution in [3.05, 3.63) is 0 Å². The predicted molar refractivity (Wildman–Crippen MR) is 57.7 cm³/mol. The van der Waals surface area contributed by atoms with Gasteiger partial charge in [-0.25, -0.2) is 0 Å². The maximum absolute atomic E-state index is 12.0. The Hall–Kier alpha value is -0.750. The van der Waals surface area contributed by atoms with Crippen LogP contribution in [-0.2, 0) is 9.53 Å². The monoisotopic (exact) mass is 248 g/mol. The van der Waals surface area contributed by atoms with Gasteiger partial charge in [0.05, 0.1) is 6.10 Å². The third-order valence-electron chi connectivity index (χ3n) is 3.52. The molecule has 2 heterocycles. The van der Waals surface area contributed by atoms with Gasteiger partial charge in [-0.3, -0.25) is 4.79 Å². The number of nitrogens with zero attached hydrogens (tertiary/aromatic N) is 2. The minimum atomic E-state index is -2.74. The standard InChI is InChI=1S/C11H18F2N2O2/c1-14-4-2-8(3-5-14)10(16)15-6-9(7-15)17-11(12)13/h8-9,11H,2-7H2,1H3.